The van der Waals surface area contributed by atoms with E-state index in [-0.39, 0.29) is 7.21 Å². The predicted octanol–water partition coefficient (Wildman–Crippen LogP) is 8.64. The Labute approximate surface area is 228 Å². The number of rotatable bonds is 9. The van der Waals surface area contributed by atoms with Crippen LogP contribution in [0.2, 0.25) is 0 Å². The zero-order valence-electron chi connectivity index (χ0n) is 22.4. The topological polar surface area (TPSA) is 29.5 Å². The third-order valence-electron chi connectivity index (χ3n) is 6.68. The maximum atomic E-state index is 11.4. The molecule has 0 radical (unpaired) electrons. The van der Waals surface area contributed by atoms with Crippen LogP contribution in [0.15, 0.2) is 127 Å². The lowest BCUT2D eigenvalue weighted by atomic mass is 9.88. The van der Waals surface area contributed by atoms with Crippen LogP contribution in [0.3, 0.4) is 0 Å². The number of carbonyl (C=O) groups excluding carboxylic acids is 1. The van der Waals surface area contributed by atoms with Gasteiger partial charge in [0.1, 0.15) is 11.5 Å². The molecule has 1 fully saturated rings. The molecule has 0 aromatic heterocycles. The summed E-state index contributed by atoms with van der Waals surface area (Å²) in [4.78, 5) is 13.9. The van der Waals surface area contributed by atoms with Gasteiger partial charge in [-0.3, -0.25) is 9.69 Å². The fourth-order valence-electron chi connectivity index (χ4n) is 4.73. The second-order valence-electron chi connectivity index (χ2n) is 9.87. The van der Waals surface area contributed by atoms with Crippen molar-refractivity contribution in [2.45, 2.75) is 26.2 Å². The van der Waals surface area contributed by atoms with Crippen LogP contribution in [0, 0.1) is 5.92 Å². The van der Waals surface area contributed by atoms with Gasteiger partial charge in [-0.2, -0.15) is 0 Å². The molecule has 196 valence electrons. The molecule has 0 aliphatic carbocycles. The Morgan fingerprint density at radius 1 is 0.816 bits per heavy atom. The van der Waals surface area contributed by atoms with Gasteiger partial charge in [0.05, 0.1) is 5.56 Å². The van der Waals surface area contributed by atoms with Crippen LogP contribution in [0.1, 0.15) is 49.1 Å². The number of ether oxygens (including phenoxy) is 1. The van der Waals surface area contributed by atoms with Crippen LogP contribution < -0.4 is 4.74 Å². The summed E-state index contributed by atoms with van der Waals surface area (Å²) in [5, 5.41) is 0. The molecular formula is C35H39NO2. The molecule has 0 bridgehead atoms. The van der Waals surface area contributed by atoms with E-state index >= 15 is 0 Å². The van der Waals surface area contributed by atoms with Gasteiger partial charge in [0.25, 0.3) is 0 Å². The number of allylic oxidation sites excluding steroid dienone is 1. The average molecular weight is 506 g/mol. The Bertz CT molecular complexity index is 1250. The van der Waals surface area contributed by atoms with Crippen molar-refractivity contribution in [3.05, 3.63) is 144 Å². The molecule has 4 aromatic carbocycles. The molecule has 4 aromatic rings. The number of hydrogen-bond acceptors (Lipinski definition) is 3. The molecule has 1 heterocycles. The molecule has 3 heteroatoms. The Balaban J connectivity index is 0.000000220. The highest BCUT2D eigenvalue weighted by molar-refractivity contribution is 5.96. The third-order valence-corrected chi connectivity index (χ3v) is 6.68. The van der Waals surface area contributed by atoms with Crippen LogP contribution >= 0.6 is 0 Å². The van der Waals surface area contributed by atoms with Crippen LogP contribution in [-0.4, -0.2) is 30.3 Å². The Morgan fingerprint density at radius 3 is 1.89 bits per heavy atom. The standard InChI is InChI=1S/C21H25N.C14H12O2.H2/c1-18-16-22(17-18)15-9-8-14-21(19-10-4-2-5-11-19)20-12-6-3-7-13-20;1-11(15)13-9-5-6-10-14(13)16-12-7-3-2-4-8-12;/h2-13,18,21H,14-17H2,1H3;2-10H,1H3;1H/b9-8-;;. The number of para-hydroxylation sites is 2. The van der Waals surface area contributed by atoms with Crippen LogP contribution in [0.5, 0.6) is 11.5 Å². The van der Waals surface area contributed by atoms with E-state index in [9.17, 15) is 4.79 Å². The minimum Gasteiger partial charge on any atom is -0.457 e. The van der Waals surface area contributed by atoms with Gasteiger partial charge >= 0.3 is 0 Å². The fourth-order valence-corrected chi connectivity index (χ4v) is 4.73. The van der Waals surface area contributed by atoms with E-state index in [4.69, 9.17) is 4.74 Å². The number of hydrogen-bond donors (Lipinski definition) is 0. The Hall–Kier alpha value is -3.95. The summed E-state index contributed by atoms with van der Waals surface area (Å²) in [5.74, 6) is 2.67. The molecule has 0 amide bonds. The molecule has 38 heavy (non-hydrogen) atoms. The first-order valence-electron chi connectivity index (χ1n) is 13.4. The molecule has 0 atom stereocenters. The summed E-state index contributed by atoms with van der Waals surface area (Å²) >= 11 is 0. The Kier molecular flexibility index (Phi) is 10.1. The van der Waals surface area contributed by atoms with Gasteiger partial charge in [-0.25, -0.2) is 0 Å². The third kappa shape index (κ3) is 8.03. The van der Waals surface area contributed by atoms with Crippen molar-refractivity contribution in [1.29, 1.82) is 0 Å². The summed E-state index contributed by atoms with van der Waals surface area (Å²) in [6.45, 7) is 7.46. The summed E-state index contributed by atoms with van der Waals surface area (Å²) in [6.07, 6.45) is 5.76. The predicted molar refractivity (Wildman–Crippen MR) is 159 cm³/mol. The highest BCUT2D eigenvalue weighted by Gasteiger charge is 2.20. The average Bonchev–Trinajstić information content (AvgIpc) is 2.94. The van der Waals surface area contributed by atoms with Crippen molar-refractivity contribution in [3.8, 4) is 11.5 Å². The number of Topliss-reactive ketones (excluding diaryl/α,β-unsaturated/α-hetero) is 1. The molecule has 3 nitrogen and oxygen atoms in total. The van der Waals surface area contributed by atoms with Gasteiger partial charge in [0, 0.05) is 27.0 Å². The summed E-state index contributed by atoms with van der Waals surface area (Å²) < 4.78 is 5.65. The summed E-state index contributed by atoms with van der Waals surface area (Å²) in [6, 6.07) is 38.3. The first-order chi connectivity index (χ1) is 18.6. The molecule has 0 unspecified atom stereocenters. The zero-order valence-corrected chi connectivity index (χ0v) is 22.4. The van der Waals surface area contributed by atoms with E-state index < -0.39 is 0 Å². The van der Waals surface area contributed by atoms with Crippen LogP contribution in [-0.2, 0) is 0 Å². The quantitative estimate of drug-likeness (QED) is 0.168. The summed E-state index contributed by atoms with van der Waals surface area (Å²) in [7, 11) is 0. The molecule has 0 spiro atoms. The molecule has 1 aliphatic rings. The molecule has 1 saturated heterocycles. The van der Waals surface area contributed by atoms with Crippen LogP contribution in [0.4, 0.5) is 0 Å². The van der Waals surface area contributed by atoms with Gasteiger partial charge in [-0.1, -0.05) is 110 Å². The molecule has 5 rings (SSSR count). The van der Waals surface area contributed by atoms with E-state index in [1.54, 1.807) is 12.1 Å². The lowest BCUT2D eigenvalue weighted by Gasteiger charge is -2.36. The lowest BCUT2D eigenvalue weighted by Crippen LogP contribution is -2.44. The second kappa shape index (κ2) is 14.1. The SMILES string of the molecule is CC(=O)c1ccccc1Oc1ccccc1.CC1CN(C/C=C\CC(c2ccccc2)c2ccccc2)C1.[HH]. The Morgan fingerprint density at radius 2 is 1.34 bits per heavy atom. The fraction of sp³-hybridized carbons (Fsp3) is 0.229. The minimum atomic E-state index is 0. The van der Waals surface area contributed by atoms with Crippen molar-refractivity contribution in [3.63, 3.8) is 0 Å². The molecule has 1 aliphatic heterocycles. The first kappa shape index (κ1) is 27.1. The van der Waals surface area contributed by atoms with E-state index in [0.717, 1.165) is 24.6 Å². The second-order valence-corrected chi connectivity index (χ2v) is 9.87. The van der Waals surface area contributed by atoms with Crippen molar-refractivity contribution < 1.29 is 11.0 Å². The highest BCUT2D eigenvalue weighted by Crippen LogP contribution is 2.28. The number of carbonyl (C=O) groups is 1. The normalized spacial score (nSPS) is 13.6. The maximum absolute atomic E-state index is 11.4. The van der Waals surface area contributed by atoms with Crippen LogP contribution in [0.25, 0.3) is 0 Å². The minimum absolute atomic E-state index is 0. The van der Waals surface area contributed by atoms with Gasteiger partial charge < -0.3 is 4.74 Å². The van der Waals surface area contributed by atoms with Gasteiger partial charge in [0.15, 0.2) is 5.78 Å². The van der Waals surface area contributed by atoms with Gasteiger partial charge in [-0.15, -0.1) is 0 Å². The maximum Gasteiger partial charge on any atom is 0.163 e. The smallest absolute Gasteiger partial charge is 0.163 e. The molecule has 0 N–H and O–H groups in total. The number of nitrogens with zero attached hydrogens (tertiary/aromatic N) is 1. The number of ketones is 1. The van der Waals surface area contributed by atoms with Crippen molar-refractivity contribution in [2.24, 2.45) is 5.92 Å². The monoisotopic (exact) mass is 505 g/mol. The van der Waals surface area contributed by atoms with E-state index in [1.807, 2.05) is 42.5 Å². The first-order valence-corrected chi connectivity index (χ1v) is 13.4. The van der Waals surface area contributed by atoms with Crippen molar-refractivity contribution in [2.75, 3.05) is 19.6 Å². The van der Waals surface area contributed by atoms with Crippen molar-refractivity contribution >= 4 is 5.78 Å². The molecular weight excluding hydrogens is 466 g/mol. The van der Waals surface area contributed by atoms with E-state index in [2.05, 4.69) is 84.6 Å². The number of likely N-dealkylation sites (tertiary alicyclic amines) is 1. The van der Waals surface area contributed by atoms with E-state index in [1.165, 1.54) is 31.1 Å². The van der Waals surface area contributed by atoms with Gasteiger partial charge in [0.2, 0.25) is 0 Å². The van der Waals surface area contributed by atoms with Gasteiger partial charge in [-0.05, 0) is 54.7 Å². The van der Waals surface area contributed by atoms with E-state index in [0.29, 0.717) is 17.2 Å². The number of benzene rings is 4. The highest BCUT2D eigenvalue weighted by atomic mass is 16.5. The largest absolute Gasteiger partial charge is 0.457 e. The lowest BCUT2D eigenvalue weighted by molar-refractivity contribution is 0.101. The molecule has 0 saturated carbocycles. The summed E-state index contributed by atoms with van der Waals surface area (Å²) in [5.41, 5.74) is 3.40. The van der Waals surface area contributed by atoms with Crippen molar-refractivity contribution in [1.82, 2.24) is 4.90 Å². The zero-order chi connectivity index (χ0) is 26.6.